The molecule has 2 atom stereocenters. The summed E-state index contributed by atoms with van der Waals surface area (Å²) in [7, 11) is 0. The lowest BCUT2D eigenvalue weighted by atomic mass is 9.79. The molecule has 2 unspecified atom stereocenters. The van der Waals surface area contributed by atoms with Gasteiger partial charge in [0.2, 0.25) is 0 Å². The van der Waals surface area contributed by atoms with E-state index in [4.69, 9.17) is 21.1 Å². The number of nitriles is 1. The van der Waals surface area contributed by atoms with Crippen LogP contribution in [0.2, 0.25) is 5.02 Å². The van der Waals surface area contributed by atoms with Crippen LogP contribution in [0, 0.1) is 29.0 Å². The largest absolute Gasteiger partial charge is 0.457 e. The Morgan fingerprint density at radius 1 is 0.968 bits per heavy atom. The molecule has 0 heterocycles. The van der Waals surface area contributed by atoms with E-state index in [-0.39, 0.29) is 11.5 Å². The van der Waals surface area contributed by atoms with Gasteiger partial charge in [-0.15, -0.1) is 0 Å². The minimum Gasteiger partial charge on any atom is -0.457 e. The highest BCUT2D eigenvalue weighted by molar-refractivity contribution is 6.30. The summed E-state index contributed by atoms with van der Waals surface area (Å²) >= 11 is 5.87. The number of carbonyl (C=O) groups is 1. The molecule has 31 heavy (non-hydrogen) atoms. The topological polar surface area (TPSA) is 59.3 Å². The van der Waals surface area contributed by atoms with E-state index in [9.17, 15) is 14.4 Å². The maximum atomic E-state index is 14.7. The average molecular weight is 438 g/mol. The van der Waals surface area contributed by atoms with Crippen LogP contribution in [-0.4, -0.2) is 5.97 Å². The van der Waals surface area contributed by atoms with E-state index in [1.165, 1.54) is 18.2 Å². The molecule has 0 aromatic heterocycles. The number of carbonyl (C=O) groups excluding carboxylic acids is 1. The summed E-state index contributed by atoms with van der Waals surface area (Å²) in [6.07, 6.45) is 0. The first-order chi connectivity index (χ1) is 14.9. The van der Waals surface area contributed by atoms with Crippen molar-refractivity contribution in [1.29, 1.82) is 5.26 Å². The minimum absolute atomic E-state index is 0.0858. The Kier molecular flexibility index (Phi) is 7.28. The van der Waals surface area contributed by atoms with Gasteiger partial charge in [-0.25, -0.2) is 4.39 Å². The van der Waals surface area contributed by atoms with Gasteiger partial charge in [-0.3, -0.25) is 4.79 Å². The lowest BCUT2D eigenvalue weighted by molar-refractivity contribution is -0.140. The van der Waals surface area contributed by atoms with E-state index in [2.05, 4.69) is 6.07 Å². The molecule has 0 amide bonds. The third-order valence-electron chi connectivity index (χ3n) is 4.80. The van der Waals surface area contributed by atoms with Crippen LogP contribution in [0.4, 0.5) is 4.39 Å². The predicted molar refractivity (Wildman–Crippen MR) is 117 cm³/mol. The highest BCUT2D eigenvalue weighted by atomic mass is 35.5. The fraction of sp³-hybridized carbons (Fsp3) is 0.200. The summed E-state index contributed by atoms with van der Waals surface area (Å²) in [6.45, 7) is 3.58. The van der Waals surface area contributed by atoms with Crippen LogP contribution in [0.1, 0.15) is 25.3 Å². The molecule has 158 valence electrons. The van der Waals surface area contributed by atoms with Crippen LogP contribution in [-0.2, 0) is 4.79 Å². The van der Waals surface area contributed by atoms with Gasteiger partial charge in [-0.05, 0) is 60.5 Å². The van der Waals surface area contributed by atoms with Crippen molar-refractivity contribution in [1.82, 2.24) is 0 Å². The van der Waals surface area contributed by atoms with Crippen molar-refractivity contribution in [3.05, 3.63) is 89.2 Å². The fourth-order valence-corrected chi connectivity index (χ4v) is 3.40. The fourth-order valence-electron chi connectivity index (χ4n) is 3.27. The van der Waals surface area contributed by atoms with Crippen molar-refractivity contribution in [3.63, 3.8) is 0 Å². The van der Waals surface area contributed by atoms with Gasteiger partial charge in [-0.2, -0.15) is 5.26 Å². The van der Waals surface area contributed by atoms with Crippen LogP contribution in [0.5, 0.6) is 17.2 Å². The molecule has 0 fully saturated rings. The molecule has 3 aromatic carbocycles. The second-order valence-corrected chi connectivity index (χ2v) is 7.79. The molecule has 0 N–H and O–H groups in total. The number of esters is 1. The Morgan fingerprint density at radius 3 is 2.23 bits per heavy atom. The van der Waals surface area contributed by atoms with Gasteiger partial charge >= 0.3 is 5.97 Å². The molecule has 4 nitrogen and oxygen atoms in total. The molecule has 3 rings (SSSR count). The van der Waals surface area contributed by atoms with E-state index < -0.39 is 23.6 Å². The van der Waals surface area contributed by atoms with Crippen molar-refractivity contribution in [2.75, 3.05) is 0 Å². The van der Waals surface area contributed by atoms with Crippen molar-refractivity contribution in [2.24, 2.45) is 11.8 Å². The number of para-hydroxylation sites is 1. The Hall–Kier alpha value is -3.36. The van der Waals surface area contributed by atoms with Crippen LogP contribution < -0.4 is 9.47 Å². The van der Waals surface area contributed by atoms with Gasteiger partial charge in [-0.1, -0.05) is 43.6 Å². The summed E-state index contributed by atoms with van der Waals surface area (Å²) < 4.78 is 26.0. The first-order valence-electron chi connectivity index (χ1n) is 9.78. The number of hydrogen-bond donors (Lipinski definition) is 0. The summed E-state index contributed by atoms with van der Waals surface area (Å²) in [6, 6.07) is 21.6. The Balaban J connectivity index is 1.90. The van der Waals surface area contributed by atoms with Crippen molar-refractivity contribution < 1.29 is 18.7 Å². The summed E-state index contributed by atoms with van der Waals surface area (Å²) in [4.78, 5) is 12.9. The molecular weight excluding hydrogens is 417 g/mol. The number of hydrogen-bond acceptors (Lipinski definition) is 4. The molecule has 3 aromatic rings. The zero-order valence-electron chi connectivity index (χ0n) is 17.1. The molecule has 6 heteroatoms. The number of rotatable bonds is 7. The normalized spacial score (nSPS) is 12.6. The minimum atomic E-state index is -1.06. The standard InChI is InChI=1S/C25H21ClFNO3/c1-16(2)24(25(29)31-19-10-8-17(26)9-11-19)22(15-28)21-14-20(12-13-23(21)27)30-18-6-4-3-5-7-18/h3-14,16,22,24H,1-2H3. The maximum absolute atomic E-state index is 14.7. The van der Waals surface area contributed by atoms with E-state index in [0.29, 0.717) is 22.3 Å². The predicted octanol–water partition coefficient (Wildman–Crippen LogP) is 6.76. The van der Waals surface area contributed by atoms with Crippen molar-refractivity contribution in [2.45, 2.75) is 19.8 Å². The zero-order valence-corrected chi connectivity index (χ0v) is 17.8. The van der Waals surface area contributed by atoms with E-state index >= 15 is 0 Å². The van der Waals surface area contributed by atoms with Crippen LogP contribution in [0.25, 0.3) is 0 Å². The molecule has 0 bridgehead atoms. The number of nitrogens with zero attached hydrogens (tertiary/aromatic N) is 1. The Bertz CT molecular complexity index is 1080. The SMILES string of the molecule is CC(C)C(C(=O)Oc1ccc(Cl)cc1)C(C#N)c1cc(Oc2ccccc2)ccc1F. The van der Waals surface area contributed by atoms with Crippen LogP contribution >= 0.6 is 11.6 Å². The molecular formula is C25H21ClFNO3. The van der Waals surface area contributed by atoms with E-state index in [0.717, 1.165) is 0 Å². The van der Waals surface area contributed by atoms with Crippen LogP contribution in [0.3, 0.4) is 0 Å². The molecule has 0 aliphatic carbocycles. The van der Waals surface area contributed by atoms with E-state index in [1.807, 2.05) is 18.2 Å². The lowest BCUT2D eigenvalue weighted by Gasteiger charge is -2.24. The molecule has 0 saturated heterocycles. The van der Waals surface area contributed by atoms with Gasteiger partial charge in [0.25, 0.3) is 0 Å². The molecule has 0 radical (unpaired) electrons. The lowest BCUT2D eigenvalue weighted by Crippen LogP contribution is -2.31. The van der Waals surface area contributed by atoms with Gasteiger partial charge in [0.05, 0.1) is 17.9 Å². The van der Waals surface area contributed by atoms with Crippen LogP contribution in [0.15, 0.2) is 72.8 Å². The second kappa shape index (κ2) is 10.1. The maximum Gasteiger partial charge on any atom is 0.316 e. The number of benzene rings is 3. The first-order valence-corrected chi connectivity index (χ1v) is 10.2. The Morgan fingerprint density at radius 2 is 1.61 bits per heavy atom. The van der Waals surface area contributed by atoms with Gasteiger partial charge < -0.3 is 9.47 Å². The monoisotopic (exact) mass is 437 g/mol. The second-order valence-electron chi connectivity index (χ2n) is 7.35. The van der Waals surface area contributed by atoms with Crippen molar-refractivity contribution in [3.8, 4) is 23.3 Å². The third kappa shape index (κ3) is 5.62. The highest BCUT2D eigenvalue weighted by Gasteiger charge is 2.36. The third-order valence-corrected chi connectivity index (χ3v) is 5.05. The highest BCUT2D eigenvalue weighted by Crippen LogP contribution is 2.35. The zero-order chi connectivity index (χ0) is 22.4. The Labute approximate surface area is 185 Å². The summed E-state index contributed by atoms with van der Waals surface area (Å²) in [5, 5.41) is 10.4. The molecule has 0 saturated carbocycles. The average Bonchev–Trinajstić information content (AvgIpc) is 2.75. The first kappa shape index (κ1) is 22.3. The van der Waals surface area contributed by atoms with Gasteiger partial charge in [0, 0.05) is 10.6 Å². The molecule has 0 aliphatic heterocycles. The molecule has 0 aliphatic rings. The number of halogens is 2. The van der Waals surface area contributed by atoms with Gasteiger partial charge in [0.15, 0.2) is 0 Å². The number of ether oxygens (including phenoxy) is 2. The van der Waals surface area contributed by atoms with Gasteiger partial charge in [0.1, 0.15) is 23.1 Å². The quantitative estimate of drug-likeness (QED) is 0.303. The summed E-state index contributed by atoms with van der Waals surface area (Å²) in [5.74, 6) is -2.16. The molecule has 0 spiro atoms. The smallest absolute Gasteiger partial charge is 0.316 e. The van der Waals surface area contributed by atoms with E-state index in [1.54, 1.807) is 50.2 Å². The summed E-state index contributed by atoms with van der Waals surface area (Å²) in [5.41, 5.74) is 0.0858. The van der Waals surface area contributed by atoms with Crippen molar-refractivity contribution >= 4 is 17.6 Å².